The number of sulfonamides is 1. The molecule has 0 aliphatic carbocycles. The maximum atomic E-state index is 13.4. The van der Waals surface area contributed by atoms with Gasteiger partial charge in [-0.3, -0.25) is 4.79 Å². The third-order valence-corrected chi connectivity index (χ3v) is 7.65. The number of β-amino-alcohol motifs (C(OH)–C–C–N with tert-alkyl or cyclic N) is 1. The molecule has 1 N–H and O–H groups in total. The van der Waals surface area contributed by atoms with Crippen LogP contribution >= 0.6 is 11.6 Å². The maximum Gasteiger partial charge on any atom is 0.244 e. The van der Waals surface area contributed by atoms with Crippen molar-refractivity contribution in [3.63, 3.8) is 0 Å². The Morgan fingerprint density at radius 1 is 1.28 bits per heavy atom. The van der Waals surface area contributed by atoms with Gasteiger partial charge in [0.1, 0.15) is 4.90 Å². The van der Waals surface area contributed by atoms with Gasteiger partial charge in [-0.05, 0) is 25.0 Å². The van der Waals surface area contributed by atoms with Gasteiger partial charge in [0.25, 0.3) is 0 Å². The molecule has 8 nitrogen and oxygen atoms in total. The summed E-state index contributed by atoms with van der Waals surface area (Å²) in [5.74, 6) is -0.0452. The topological polar surface area (TPSA) is 96.4 Å². The number of hydrogen-bond donors (Lipinski definition) is 1. The summed E-state index contributed by atoms with van der Waals surface area (Å²) in [6.45, 7) is 0.0325. The number of rotatable bonds is 4. The fraction of sp³-hybridized carbons (Fsp3) is 0.632. The van der Waals surface area contributed by atoms with Crippen molar-refractivity contribution in [2.24, 2.45) is 0 Å². The Balaban J connectivity index is 1.87. The average molecular weight is 447 g/mol. The van der Waals surface area contributed by atoms with Gasteiger partial charge in [-0.25, -0.2) is 8.42 Å². The van der Waals surface area contributed by atoms with E-state index in [-0.39, 0.29) is 48.1 Å². The Morgan fingerprint density at radius 3 is 2.69 bits per heavy atom. The average Bonchev–Trinajstić information content (AvgIpc) is 2.65. The molecular weight excluding hydrogens is 420 g/mol. The second kappa shape index (κ2) is 9.28. The third kappa shape index (κ3) is 5.10. The molecule has 2 aliphatic heterocycles. The van der Waals surface area contributed by atoms with E-state index in [1.807, 2.05) is 0 Å². The molecule has 162 valence electrons. The Labute approximate surface area is 176 Å². The molecule has 1 aromatic rings. The van der Waals surface area contributed by atoms with E-state index in [1.54, 1.807) is 26.2 Å². The third-order valence-electron chi connectivity index (χ3n) is 5.26. The number of benzene rings is 1. The molecule has 4 atom stereocenters. The van der Waals surface area contributed by atoms with Crippen LogP contribution in [0.4, 0.5) is 0 Å². The zero-order chi connectivity index (χ0) is 21.2. The molecule has 0 saturated carbocycles. The molecule has 1 aromatic carbocycles. The summed E-state index contributed by atoms with van der Waals surface area (Å²) in [6.07, 6.45) is -0.532. The van der Waals surface area contributed by atoms with Gasteiger partial charge in [0, 0.05) is 20.6 Å². The molecule has 3 rings (SSSR count). The number of halogens is 1. The maximum absolute atomic E-state index is 13.4. The quantitative estimate of drug-likeness (QED) is 0.744. The number of ether oxygens (including phenoxy) is 2. The van der Waals surface area contributed by atoms with Crippen molar-refractivity contribution in [1.29, 1.82) is 0 Å². The highest BCUT2D eigenvalue weighted by molar-refractivity contribution is 7.89. The minimum Gasteiger partial charge on any atom is -0.389 e. The van der Waals surface area contributed by atoms with Crippen molar-refractivity contribution in [3.8, 4) is 0 Å². The first-order chi connectivity index (χ1) is 13.7. The predicted molar refractivity (Wildman–Crippen MR) is 107 cm³/mol. The van der Waals surface area contributed by atoms with Gasteiger partial charge < -0.3 is 19.5 Å². The fourth-order valence-corrected chi connectivity index (χ4v) is 5.94. The first-order valence-electron chi connectivity index (χ1n) is 9.58. The molecule has 29 heavy (non-hydrogen) atoms. The molecule has 0 radical (unpaired) electrons. The number of hydrogen-bond acceptors (Lipinski definition) is 6. The fourth-order valence-electron chi connectivity index (χ4n) is 3.73. The molecule has 1 amide bonds. The summed E-state index contributed by atoms with van der Waals surface area (Å²) < 4.78 is 39.7. The van der Waals surface area contributed by atoms with E-state index in [0.29, 0.717) is 12.8 Å². The van der Waals surface area contributed by atoms with Crippen LogP contribution in [0.3, 0.4) is 0 Å². The highest BCUT2D eigenvalue weighted by Gasteiger charge is 2.43. The monoisotopic (exact) mass is 446 g/mol. The number of fused-ring (bicyclic) bond motifs is 1. The Morgan fingerprint density at radius 2 is 2.00 bits per heavy atom. The zero-order valence-electron chi connectivity index (χ0n) is 16.5. The molecule has 0 aromatic heterocycles. The lowest BCUT2D eigenvalue weighted by atomic mass is 9.96. The lowest BCUT2D eigenvalue weighted by Crippen LogP contribution is -2.57. The summed E-state index contributed by atoms with van der Waals surface area (Å²) in [7, 11) is -0.585. The van der Waals surface area contributed by atoms with Crippen molar-refractivity contribution in [1.82, 2.24) is 9.21 Å². The van der Waals surface area contributed by atoms with Crippen LogP contribution in [-0.4, -0.2) is 86.8 Å². The van der Waals surface area contributed by atoms with E-state index < -0.39 is 28.3 Å². The van der Waals surface area contributed by atoms with Crippen LogP contribution in [0, 0.1) is 0 Å². The van der Waals surface area contributed by atoms with Crippen molar-refractivity contribution in [2.75, 3.05) is 33.9 Å². The summed E-state index contributed by atoms with van der Waals surface area (Å²) in [6, 6.07) is 5.74. The van der Waals surface area contributed by atoms with Crippen LogP contribution in [0.25, 0.3) is 0 Å². The van der Waals surface area contributed by atoms with Gasteiger partial charge in [0.2, 0.25) is 15.9 Å². The van der Waals surface area contributed by atoms with E-state index in [1.165, 1.54) is 21.3 Å². The van der Waals surface area contributed by atoms with Crippen molar-refractivity contribution in [2.45, 2.75) is 48.5 Å². The summed E-state index contributed by atoms with van der Waals surface area (Å²) in [5, 5.41) is 10.4. The van der Waals surface area contributed by atoms with Crippen LogP contribution in [0.2, 0.25) is 5.02 Å². The number of amides is 1. The number of nitrogens with zero attached hydrogens (tertiary/aromatic N) is 2. The molecule has 0 spiro atoms. The summed E-state index contributed by atoms with van der Waals surface area (Å²) >= 11 is 6.16. The number of aliphatic hydroxyl groups is 1. The van der Waals surface area contributed by atoms with E-state index in [4.69, 9.17) is 21.1 Å². The first kappa shape index (κ1) is 22.5. The Hall–Kier alpha value is -1.23. The van der Waals surface area contributed by atoms with Crippen molar-refractivity contribution in [3.05, 3.63) is 29.3 Å². The smallest absolute Gasteiger partial charge is 0.244 e. The molecule has 2 heterocycles. The number of carbonyl (C=O) groups is 1. The van der Waals surface area contributed by atoms with Gasteiger partial charge in [0.05, 0.1) is 49.0 Å². The lowest BCUT2D eigenvalue weighted by Gasteiger charge is -2.43. The van der Waals surface area contributed by atoms with E-state index in [9.17, 15) is 18.3 Å². The second-order valence-electron chi connectivity index (χ2n) is 7.63. The highest BCUT2D eigenvalue weighted by atomic mass is 35.5. The van der Waals surface area contributed by atoms with Crippen molar-refractivity contribution >= 4 is 27.5 Å². The predicted octanol–water partition coefficient (Wildman–Crippen LogP) is 1.12. The highest BCUT2D eigenvalue weighted by Crippen LogP contribution is 2.33. The SMILES string of the molecule is CN(C)C(=O)C[C@@H]1CC[C@H]2[C@@H](COC[C@@H](O)CN2S(=O)(=O)c2ccccc2Cl)O1. The Kier molecular flexibility index (Phi) is 7.19. The van der Waals surface area contributed by atoms with Gasteiger partial charge >= 0.3 is 0 Å². The largest absolute Gasteiger partial charge is 0.389 e. The lowest BCUT2D eigenvalue weighted by molar-refractivity contribution is -0.150. The minimum atomic E-state index is -3.96. The van der Waals surface area contributed by atoms with Gasteiger partial charge in [-0.2, -0.15) is 4.31 Å². The van der Waals surface area contributed by atoms with Crippen LogP contribution in [0.1, 0.15) is 19.3 Å². The Bertz CT molecular complexity index is 834. The van der Waals surface area contributed by atoms with Crippen LogP contribution in [0.15, 0.2) is 29.2 Å². The standard InChI is InChI=1S/C19H27ClN2O6S/c1-21(2)19(24)9-14-7-8-16-17(28-14)12-27-11-13(23)10-22(16)29(25,26)18-6-4-3-5-15(18)20/h3-6,13-14,16-17,23H,7-12H2,1-2H3/t13-,14-,16-,17+/m0/s1. The zero-order valence-corrected chi connectivity index (χ0v) is 18.1. The second-order valence-corrected chi connectivity index (χ2v) is 9.90. The van der Waals surface area contributed by atoms with Gasteiger partial charge in [-0.1, -0.05) is 23.7 Å². The van der Waals surface area contributed by atoms with Gasteiger partial charge in [-0.15, -0.1) is 0 Å². The minimum absolute atomic E-state index is 0.000910. The number of aliphatic hydroxyl groups excluding tert-OH is 1. The summed E-state index contributed by atoms with van der Waals surface area (Å²) in [4.78, 5) is 13.6. The van der Waals surface area contributed by atoms with E-state index in [2.05, 4.69) is 0 Å². The molecule has 2 fully saturated rings. The first-order valence-corrected chi connectivity index (χ1v) is 11.4. The molecule has 2 saturated heterocycles. The molecular formula is C19H27ClN2O6S. The van der Waals surface area contributed by atoms with Crippen LogP contribution in [0.5, 0.6) is 0 Å². The summed E-state index contributed by atoms with van der Waals surface area (Å²) in [5.41, 5.74) is 0. The molecule has 0 unspecified atom stereocenters. The van der Waals surface area contributed by atoms with E-state index in [0.717, 1.165) is 0 Å². The van der Waals surface area contributed by atoms with Crippen LogP contribution < -0.4 is 0 Å². The van der Waals surface area contributed by atoms with Gasteiger partial charge in [0.15, 0.2) is 0 Å². The van der Waals surface area contributed by atoms with E-state index >= 15 is 0 Å². The molecule has 2 aliphatic rings. The molecule has 0 bridgehead atoms. The van der Waals surface area contributed by atoms with Crippen LogP contribution in [-0.2, 0) is 24.3 Å². The molecule has 10 heteroatoms. The number of carbonyl (C=O) groups excluding carboxylic acids is 1. The normalized spacial score (nSPS) is 28.8. The van der Waals surface area contributed by atoms with Crippen molar-refractivity contribution < 1.29 is 27.8 Å².